The average molecular weight is 718 g/mol. The number of esters is 1. The van der Waals surface area contributed by atoms with E-state index in [2.05, 4.69) is 24.5 Å². The van der Waals surface area contributed by atoms with Crippen LogP contribution in [0, 0.1) is 5.41 Å². The van der Waals surface area contributed by atoms with Gasteiger partial charge in [0.15, 0.2) is 11.8 Å². The van der Waals surface area contributed by atoms with Crippen molar-refractivity contribution in [3.63, 3.8) is 0 Å². The Bertz CT molecular complexity index is 1350. The van der Waals surface area contributed by atoms with Gasteiger partial charge in [-0.25, -0.2) is 0 Å². The molecule has 5 N–H and O–H groups in total. The van der Waals surface area contributed by atoms with E-state index >= 15 is 0 Å². The fraction of sp³-hybridized carbons (Fsp3) is 0.703. The summed E-state index contributed by atoms with van der Waals surface area (Å²) >= 11 is 0. The first-order chi connectivity index (χ1) is 24.6. The minimum atomic E-state index is -1.54. The van der Waals surface area contributed by atoms with Crippen LogP contribution in [0.5, 0.6) is 0 Å². The van der Waals surface area contributed by atoms with Gasteiger partial charge < -0.3 is 44.9 Å². The smallest absolute Gasteiger partial charge is 0.327 e. The number of nitrogens with zero attached hydrogens (tertiary/aromatic N) is 1. The number of fused-ring (bicyclic) bond motifs is 4. The van der Waals surface area contributed by atoms with Gasteiger partial charge in [-0.1, -0.05) is 63.8 Å². The zero-order valence-corrected chi connectivity index (χ0v) is 30.0. The predicted molar refractivity (Wildman–Crippen MR) is 184 cm³/mol. The van der Waals surface area contributed by atoms with E-state index in [9.17, 15) is 24.6 Å². The molecule has 14 heteroatoms. The molecule has 51 heavy (non-hydrogen) atoms. The van der Waals surface area contributed by atoms with E-state index in [4.69, 9.17) is 28.9 Å². The van der Waals surface area contributed by atoms with E-state index in [1.54, 1.807) is 6.08 Å². The molecule has 1 aliphatic carbocycles. The third-order valence-electron chi connectivity index (χ3n) is 10.3. The first-order valence-electron chi connectivity index (χ1n) is 18.5. The van der Waals surface area contributed by atoms with Crippen LogP contribution in [0.4, 0.5) is 0 Å². The number of aliphatic hydroxyl groups excluding tert-OH is 3. The number of aliphatic hydroxyl groups is 3. The van der Waals surface area contributed by atoms with Crippen LogP contribution in [0.15, 0.2) is 30.5 Å². The number of amides is 2. The highest BCUT2D eigenvalue weighted by Crippen LogP contribution is 2.58. The van der Waals surface area contributed by atoms with Crippen LogP contribution < -0.4 is 10.6 Å². The molecule has 8 unspecified atom stereocenters. The standard InChI is InChI=1S/C37H55N3O11/c1-4-6-8-15-36(16-9-7-5-2)49-29-27-22-37(35(46)39-28(24(3)43)33(44)38-17-18-41)31(34(45)48-27)40(51-32(37)30(29)50-36)23-26-12-10-25(11-13-26)14-20-47-21-19-42/h10-14,20,24,27-32,41-43H,4-9,15-19,21-23H2,1-3H3,(H,38,44)(H,39,46). The Morgan fingerprint density at radius 3 is 2.35 bits per heavy atom. The van der Waals surface area contributed by atoms with Crippen LogP contribution in [0.25, 0.3) is 6.08 Å². The number of carbonyl (C=O) groups is 3. The van der Waals surface area contributed by atoms with Gasteiger partial charge in [0.2, 0.25) is 11.8 Å². The summed E-state index contributed by atoms with van der Waals surface area (Å²) in [5.74, 6) is -2.87. The highest BCUT2D eigenvalue weighted by atomic mass is 16.8. The van der Waals surface area contributed by atoms with Gasteiger partial charge in [0.05, 0.1) is 32.1 Å². The molecular formula is C37H55N3O11. The maximum Gasteiger partial charge on any atom is 0.327 e. The highest BCUT2D eigenvalue weighted by Gasteiger charge is 2.76. The maximum absolute atomic E-state index is 14.7. The molecule has 284 valence electrons. The number of rotatable bonds is 20. The van der Waals surface area contributed by atoms with E-state index in [1.807, 2.05) is 24.3 Å². The Balaban J connectivity index is 1.48. The summed E-state index contributed by atoms with van der Waals surface area (Å²) in [7, 11) is 0. The normalized spacial score (nSPS) is 29.0. The lowest BCUT2D eigenvalue weighted by Crippen LogP contribution is -2.71. The first-order valence-corrected chi connectivity index (χ1v) is 18.5. The Morgan fingerprint density at radius 1 is 1.04 bits per heavy atom. The van der Waals surface area contributed by atoms with Crippen molar-refractivity contribution in [1.82, 2.24) is 15.7 Å². The minimum Gasteiger partial charge on any atom is -0.499 e. The van der Waals surface area contributed by atoms with E-state index in [0.717, 1.165) is 49.7 Å². The van der Waals surface area contributed by atoms with Crippen molar-refractivity contribution in [3.8, 4) is 0 Å². The summed E-state index contributed by atoms with van der Waals surface area (Å²) in [5.41, 5.74) is 0.116. The summed E-state index contributed by atoms with van der Waals surface area (Å²) in [5, 5.41) is 35.5. The van der Waals surface area contributed by atoms with E-state index in [1.165, 1.54) is 18.2 Å². The molecule has 5 rings (SSSR count). The molecule has 1 aromatic carbocycles. The fourth-order valence-electron chi connectivity index (χ4n) is 7.83. The molecule has 3 saturated heterocycles. The topological polar surface area (TPSA) is 185 Å². The molecule has 4 aliphatic rings. The Labute approximate surface area is 299 Å². The van der Waals surface area contributed by atoms with Crippen molar-refractivity contribution in [2.45, 2.75) is 133 Å². The highest BCUT2D eigenvalue weighted by molar-refractivity contribution is 5.96. The van der Waals surface area contributed by atoms with E-state index in [-0.39, 0.29) is 39.3 Å². The number of unbranched alkanes of at least 4 members (excludes halogenated alkanes) is 4. The Morgan fingerprint density at radius 2 is 1.73 bits per heavy atom. The van der Waals surface area contributed by atoms with Crippen molar-refractivity contribution < 1.29 is 53.5 Å². The van der Waals surface area contributed by atoms with Gasteiger partial charge in [-0.3, -0.25) is 19.2 Å². The molecule has 8 atom stereocenters. The first kappa shape index (κ1) is 39.1. The molecule has 0 spiro atoms. The molecule has 1 saturated carbocycles. The number of ether oxygens (including phenoxy) is 4. The van der Waals surface area contributed by atoms with Crippen molar-refractivity contribution >= 4 is 23.9 Å². The lowest BCUT2D eigenvalue weighted by atomic mass is 9.62. The van der Waals surface area contributed by atoms with Gasteiger partial charge in [-0.05, 0) is 37.0 Å². The molecule has 3 heterocycles. The van der Waals surface area contributed by atoms with Crippen molar-refractivity contribution in [2.24, 2.45) is 5.41 Å². The lowest BCUT2D eigenvalue weighted by molar-refractivity contribution is -0.224. The summed E-state index contributed by atoms with van der Waals surface area (Å²) in [6.45, 7) is 5.52. The van der Waals surface area contributed by atoms with Gasteiger partial charge >= 0.3 is 5.97 Å². The van der Waals surface area contributed by atoms with Gasteiger partial charge in [-0.15, -0.1) is 0 Å². The molecular weight excluding hydrogens is 662 g/mol. The zero-order valence-electron chi connectivity index (χ0n) is 30.0. The average Bonchev–Trinajstić information content (AvgIpc) is 3.67. The SMILES string of the molecule is CCCCCC1(CCCCC)OC2C3CC4(C(=O)NC(C(=O)NCCO)C(C)O)C(ON(Cc5ccc(C=COCCO)cc5)C4C(=O)O3)C2O1. The van der Waals surface area contributed by atoms with Crippen molar-refractivity contribution in [2.75, 3.05) is 26.4 Å². The minimum absolute atomic E-state index is 0.0586. The van der Waals surface area contributed by atoms with Crippen LogP contribution >= 0.6 is 0 Å². The molecule has 2 bridgehead atoms. The van der Waals surface area contributed by atoms with Crippen LogP contribution in [0.3, 0.4) is 0 Å². The largest absolute Gasteiger partial charge is 0.499 e. The molecule has 0 aromatic heterocycles. The number of hydrogen-bond donors (Lipinski definition) is 5. The zero-order chi connectivity index (χ0) is 36.6. The summed E-state index contributed by atoms with van der Waals surface area (Å²) < 4.78 is 25.0. The van der Waals surface area contributed by atoms with E-state index < -0.39 is 71.6 Å². The second-order valence-corrected chi connectivity index (χ2v) is 14.1. The van der Waals surface area contributed by atoms with Crippen molar-refractivity contribution in [3.05, 3.63) is 41.7 Å². The van der Waals surface area contributed by atoms with E-state index in [0.29, 0.717) is 12.8 Å². The monoisotopic (exact) mass is 717 g/mol. The number of nitrogens with one attached hydrogen (secondary N) is 2. The molecule has 2 amide bonds. The third-order valence-corrected chi connectivity index (χ3v) is 10.3. The second-order valence-electron chi connectivity index (χ2n) is 14.1. The van der Waals surface area contributed by atoms with Crippen LogP contribution in [0.1, 0.15) is 89.7 Å². The maximum atomic E-state index is 14.7. The Kier molecular flexibility index (Phi) is 13.5. The number of hydroxylamine groups is 2. The summed E-state index contributed by atoms with van der Waals surface area (Å²) in [4.78, 5) is 48.4. The van der Waals surface area contributed by atoms with Gasteiger partial charge in [0.25, 0.3) is 0 Å². The molecule has 3 aliphatic heterocycles. The molecule has 14 nitrogen and oxygen atoms in total. The molecule has 1 aromatic rings. The number of hydrogen-bond acceptors (Lipinski definition) is 12. The molecule has 0 radical (unpaired) electrons. The third kappa shape index (κ3) is 8.43. The van der Waals surface area contributed by atoms with Crippen LogP contribution in [-0.2, 0) is 44.7 Å². The molecule has 4 fully saturated rings. The van der Waals surface area contributed by atoms with Gasteiger partial charge in [-0.2, -0.15) is 5.06 Å². The Hall–Kier alpha value is -3.11. The quantitative estimate of drug-likeness (QED) is 0.0753. The van der Waals surface area contributed by atoms with Crippen LogP contribution in [0.2, 0.25) is 0 Å². The second kappa shape index (κ2) is 17.6. The summed E-state index contributed by atoms with van der Waals surface area (Å²) in [6, 6.07) is 4.96. The van der Waals surface area contributed by atoms with Gasteiger partial charge in [0, 0.05) is 25.8 Å². The fourth-order valence-corrected chi connectivity index (χ4v) is 7.83. The predicted octanol–water partition coefficient (Wildman–Crippen LogP) is 2.08. The van der Waals surface area contributed by atoms with Crippen LogP contribution in [-0.4, -0.2) is 113 Å². The number of carbonyl (C=O) groups excluding carboxylic acids is 3. The van der Waals surface area contributed by atoms with Crippen molar-refractivity contribution in [1.29, 1.82) is 0 Å². The number of benzene rings is 1. The van der Waals surface area contributed by atoms with Gasteiger partial charge in [0.1, 0.15) is 42.5 Å². The summed E-state index contributed by atoms with van der Waals surface area (Å²) in [6.07, 6.45) is 6.01. The lowest BCUT2D eigenvalue weighted by Gasteiger charge is -2.49.